The topological polar surface area (TPSA) is 170 Å². The van der Waals surface area contributed by atoms with Crippen LogP contribution in [-0.2, 0) is 47.7 Å². The first kappa shape index (κ1) is 119. The van der Waals surface area contributed by atoms with Gasteiger partial charge in [-0.3, -0.25) is 28.8 Å². The number of rotatable bonds is 101. The third kappa shape index (κ3) is 82.4. The van der Waals surface area contributed by atoms with Crippen molar-refractivity contribution in [3.63, 3.8) is 0 Å². The van der Waals surface area contributed by atoms with Crippen molar-refractivity contribution in [2.45, 2.75) is 556 Å². The Morgan fingerprint density at radius 3 is 0.508 bits per heavy atom. The number of ether oxygens (including phenoxy) is 4. The Labute approximate surface area is 758 Å². The largest absolute Gasteiger partial charge is 0.465 e. The molecule has 0 rings (SSSR count). The zero-order chi connectivity index (χ0) is 88.8. The van der Waals surface area contributed by atoms with Gasteiger partial charge in [0, 0.05) is 39.0 Å². The van der Waals surface area contributed by atoms with Crippen molar-refractivity contribution in [2.24, 2.45) is 23.7 Å². The van der Waals surface area contributed by atoms with E-state index in [0.29, 0.717) is 39.5 Å². The van der Waals surface area contributed by atoms with E-state index in [4.69, 9.17) is 18.9 Å². The van der Waals surface area contributed by atoms with Crippen LogP contribution in [0.4, 0.5) is 0 Å². The van der Waals surface area contributed by atoms with Crippen LogP contribution in [0.2, 0.25) is 0 Å². The minimum Gasteiger partial charge on any atom is -0.465 e. The van der Waals surface area contributed by atoms with Crippen LogP contribution in [0.15, 0.2) is 0 Å². The molecule has 0 aromatic carbocycles. The summed E-state index contributed by atoms with van der Waals surface area (Å²) in [7, 11) is 0. The van der Waals surface area contributed by atoms with Crippen molar-refractivity contribution >= 4 is 35.7 Å². The van der Waals surface area contributed by atoms with E-state index in [1.807, 2.05) is 0 Å². The summed E-state index contributed by atoms with van der Waals surface area (Å²) in [6, 6.07) is 0. The second-order valence-corrected chi connectivity index (χ2v) is 37.9. The van der Waals surface area contributed by atoms with Gasteiger partial charge in [-0.15, -0.1) is 0 Å². The summed E-state index contributed by atoms with van der Waals surface area (Å²) in [5, 5.41) is 6.35. The number of hydrogen-bond acceptors (Lipinski definition) is 12. The van der Waals surface area contributed by atoms with Gasteiger partial charge in [0.2, 0.25) is 11.8 Å². The van der Waals surface area contributed by atoms with Crippen molar-refractivity contribution in [2.75, 3.05) is 78.8 Å². The minimum atomic E-state index is -0.0842. The maximum absolute atomic E-state index is 13.4. The smallest absolute Gasteiger partial charge is 0.308 e. The third-order valence-electron chi connectivity index (χ3n) is 26.1. The predicted molar refractivity (Wildman–Crippen MR) is 522 cm³/mol. The summed E-state index contributed by atoms with van der Waals surface area (Å²) in [5.41, 5.74) is 0. The summed E-state index contributed by atoms with van der Waals surface area (Å²) < 4.78 is 23.9. The van der Waals surface area contributed by atoms with Crippen molar-refractivity contribution in [3.8, 4) is 0 Å². The monoisotopic (exact) mass is 1720 g/mol. The van der Waals surface area contributed by atoms with Crippen LogP contribution in [-0.4, -0.2) is 124 Å². The SMILES string of the molecule is CCCCCCCCC(CCCCCCCC)C(=O)OCCCCCCCN(CCCCCCCOC(=O)C(CCCCCCCC)CCCCCCCC)CCNC(=O)CCC(=O)NCCN(CCCCCCCOC(=O)C(CCCCCCCC)CCCCCCCC)CCCCCCCOC(=O)C(CCCCCCCC)CCCCCCCC. The van der Waals surface area contributed by atoms with Crippen molar-refractivity contribution < 1.29 is 47.7 Å². The van der Waals surface area contributed by atoms with Gasteiger partial charge >= 0.3 is 23.9 Å². The molecule has 0 aromatic rings. The highest BCUT2D eigenvalue weighted by Gasteiger charge is 2.24. The van der Waals surface area contributed by atoms with Crippen LogP contribution in [0.1, 0.15) is 556 Å². The average molecular weight is 1720 g/mol. The van der Waals surface area contributed by atoms with Gasteiger partial charge in [-0.25, -0.2) is 0 Å². The van der Waals surface area contributed by atoms with E-state index in [9.17, 15) is 28.8 Å². The molecule has 0 saturated carbocycles. The highest BCUT2D eigenvalue weighted by atomic mass is 16.5. The van der Waals surface area contributed by atoms with E-state index < -0.39 is 0 Å². The lowest BCUT2D eigenvalue weighted by molar-refractivity contribution is -0.150. The summed E-state index contributed by atoms with van der Waals surface area (Å²) in [6.07, 6.45) is 88.6. The summed E-state index contributed by atoms with van der Waals surface area (Å²) in [4.78, 5) is 85.7. The fourth-order valence-corrected chi connectivity index (χ4v) is 17.7. The molecule has 0 unspecified atom stereocenters. The second-order valence-electron chi connectivity index (χ2n) is 37.9. The highest BCUT2D eigenvalue weighted by Crippen LogP contribution is 2.27. The Bertz CT molecular complexity index is 1880. The Morgan fingerprint density at radius 2 is 0.336 bits per heavy atom. The van der Waals surface area contributed by atoms with Crippen LogP contribution >= 0.6 is 0 Å². The van der Waals surface area contributed by atoms with E-state index in [0.717, 1.165) is 270 Å². The van der Waals surface area contributed by atoms with Crippen molar-refractivity contribution in [1.82, 2.24) is 20.4 Å². The number of carbonyl (C=O) groups is 6. The molecule has 0 spiro atoms. The average Bonchev–Trinajstić information content (AvgIpc) is 0.956. The van der Waals surface area contributed by atoms with E-state index >= 15 is 0 Å². The molecular formula is C108H210N4O10. The van der Waals surface area contributed by atoms with Gasteiger partial charge in [0.25, 0.3) is 0 Å². The number of hydrogen-bond donors (Lipinski definition) is 2. The van der Waals surface area contributed by atoms with Gasteiger partial charge in [-0.05, 0) is 129 Å². The van der Waals surface area contributed by atoms with E-state index in [2.05, 4.69) is 75.8 Å². The number of esters is 4. The highest BCUT2D eigenvalue weighted by molar-refractivity contribution is 5.83. The number of unbranched alkanes of at least 4 members (excludes halogenated alkanes) is 56. The normalized spacial score (nSPS) is 11.8. The summed E-state index contributed by atoms with van der Waals surface area (Å²) in [5.74, 6) is 0.122. The fraction of sp³-hybridized carbons (Fsp3) is 0.944. The molecule has 0 saturated heterocycles. The standard InChI is InChI=1S/C108H210N4O10/c1-9-17-25-33-45-61-77-99(78-62-46-34-26-18-10-2)105(115)119-95-73-57-41-53-69-89-111(90-70-54-42-58-74-96-120-106(116)100(79-63-47-35-27-19-11-3)80-64-48-36-28-20-12-4)93-87-109-103(113)85-86-104(114)110-88-94-112(91-71-55-43-59-75-97-121-107(117)101(81-65-49-37-29-21-13-5)82-66-50-38-30-22-14-6)92-72-56-44-60-76-98-122-108(118)102(83-67-51-39-31-23-15-7)84-68-52-40-32-24-16-8/h99-102H,9-98H2,1-8H3,(H,109,113)(H,110,114). The molecule has 14 heteroatoms. The Hall–Kier alpha value is -3.26. The molecule has 0 radical (unpaired) electrons. The zero-order valence-electron chi connectivity index (χ0n) is 82.9. The maximum atomic E-state index is 13.4. The van der Waals surface area contributed by atoms with Crippen LogP contribution in [0.25, 0.3) is 0 Å². The van der Waals surface area contributed by atoms with Gasteiger partial charge in [-0.2, -0.15) is 0 Å². The number of nitrogens with zero attached hydrogens (tertiary/aromatic N) is 2. The first-order valence-electron chi connectivity index (χ1n) is 54.6. The lowest BCUT2D eigenvalue weighted by Gasteiger charge is -2.23. The van der Waals surface area contributed by atoms with Crippen molar-refractivity contribution in [1.29, 1.82) is 0 Å². The second kappa shape index (κ2) is 96.8. The van der Waals surface area contributed by atoms with Gasteiger partial charge in [0.15, 0.2) is 0 Å². The van der Waals surface area contributed by atoms with E-state index in [1.165, 1.54) is 257 Å². The number of carbonyl (C=O) groups excluding carboxylic acids is 6. The van der Waals surface area contributed by atoms with Gasteiger partial charge in [-0.1, -0.05) is 441 Å². The van der Waals surface area contributed by atoms with Gasteiger partial charge < -0.3 is 39.4 Å². The molecule has 14 nitrogen and oxygen atoms in total. The predicted octanol–water partition coefficient (Wildman–Crippen LogP) is 31.0. The van der Waals surface area contributed by atoms with Crippen molar-refractivity contribution in [3.05, 3.63) is 0 Å². The quantitative estimate of drug-likeness (QED) is 0.0336. The molecule has 0 aromatic heterocycles. The van der Waals surface area contributed by atoms with Gasteiger partial charge in [0.1, 0.15) is 0 Å². The zero-order valence-corrected chi connectivity index (χ0v) is 82.9. The first-order valence-corrected chi connectivity index (χ1v) is 54.6. The fourth-order valence-electron chi connectivity index (χ4n) is 17.7. The molecule has 0 aliphatic heterocycles. The number of nitrogens with one attached hydrogen (secondary N) is 2. The first-order chi connectivity index (χ1) is 59.9. The maximum Gasteiger partial charge on any atom is 0.308 e. The molecule has 0 aliphatic rings. The Morgan fingerprint density at radius 1 is 0.189 bits per heavy atom. The van der Waals surface area contributed by atoms with Gasteiger partial charge in [0.05, 0.1) is 50.1 Å². The van der Waals surface area contributed by atoms with E-state index in [-0.39, 0.29) is 72.2 Å². The molecule has 0 aliphatic carbocycles. The molecular weight excluding hydrogens is 1510 g/mol. The number of amides is 2. The molecule has 0 bridgehead atoms. The molecule has 0 heterocycles. The molecule has 722 valence electrons. The lowest BCUT2D eigenvalue weighted by Crippen LogP contribution is -2.37. The van der Waals surface area contributed by atoms with Crippen LogP contribution in [0.3, 0.4) is 0 Å². The van der Waals surface area contributed by atoms with Crippen LogP contribution in [0, 0.1) is 23.7 Å². The summed E-state index contributed by atoms with van der Waals surface area (Å²) >= 11 is 0. The Kier molecular flexibility index (Phi) is 94.2. The minimum absolute atomic E-state index is 0.0331. The summed E-state index contributed by atoms with van der Waals surface area (Å²) in [6.45, 7) is 26.6. The molecule has 2 N–H and O–H groups in total. The lowest BCUT2D eigenvalue weighted by atomic mass is 9.94. The molecule has 2 amide bonds. The third-order valence-corrected chi connectivity index (χ3v) is 26.1. The van der Waals surface area contributed by atoms with E-state index in [1.54, 1.807) is 0 Å². The molecule has 0 fully saturated rings. The van der Waals surface area contributed by atoms with Crippen LogP contribution < -0.4 is 10.6 Å². The van der Waals surface area contributed by atoms with Crippen LogP contribution in [0.5, 0.6) is 0 Å². The molecule has 122 heavy (non-hydrogen) atoms. The molecule has 0 atom stereocenters. The Balaban J connectivity index is 5.78.